The van der Waals surface area contributed by atoms with Gasteiger partial charge in [0, 0.05) is 18.0 Å². The third-order valence-electron chi connectivity index (χ3n) is 3.20. The molecule has 2 unspecified atom stereocenters. The summed E-state index contributed by atoms with van der Waals surface area (Å²) in [4.78, 5) is 0. The zero-order chi connectivity index (χ0) is 10.8. The van der Waals surface area contributed by atoms with Gasteiger partial charge in [-0.25, -0.2) is 0 Å². The van der Waals surface area contributed by atoms with Crippen LogP contribution in [0.5, 0.6) is 5.75 Å². The van der Waals surface area contributed by atoms with E-state index in [9.17, 15) is 0 Å². The molecule has 1 aromatic rings. The van der Waals surface area contributed by atoms with Crippen LogP contribution >= 0.6 is 0 Å². The van der Waals surface area contributed by atoms with Gasteiger partial charge >= 0.3 is 0 Å². The molecule has 0 saturated carbocycles. The minimum absolute atomic E-state index is 0.351. The van der Waals surface area contributed by atoms with Gasteiger partial charge in [0.15, 0.2) is 0 Å². The highest BCUT2D eigenvalue weighted by Crippen LogP contribution is 2.32. The van der Waals surface area contributed by atoms with Crippen molar-refractivity contribution in [3.8, 4) is 5.75 Å². The predicted molar refractivity (Wildman–Crippen MR) is 62.4 cm³/mol. The second kappa shape index (κ2) is 4.23. The van der Waals surface area contributed by atoms with E-state index in [1.165, 1.54) is 11.1 Å². The maximum Gasteiger partial charge on any atom is 0.123 e. The summed E-state index contributed by atoms with van der Waals surface area (Å²) < 4.78 is 5.92. The first-order valence-electron chi connectivity index (χ1n) is 5.63. The number of aryl methyl sites for hydroxylation is 1. The Bertz CT molecular complexity index is 348. The smallest absolute Gasteiger partial charge is 0.123 e. The first-order chi connectivity index (χ1) is 7.20. The number of nitrogens with one attached hydrogen (secondary N) is 1. The Morgan fingerprint density at radius 2 is 2.33 bits per heavy atom. The summed E-state index contributed by atoms with van der Waals surface area (Å²) in [5.41, 5.74) is 2.75. The average molecular weight is 205 g/mol. The maximum absolute atomic E-state index is 5.92. The zero-order valence-corrected chi connectivity index (χ0v) is 9.71. The first-order valence-corrected chi connectivity index (χ1v) is 5.63. The Kier molecular flexibility index (Phi) is 2.96. The molecule has 0 aromatic heterocycles. The van der Waals surface area contributed by atoms with Crippen LogP contribution in [0.1, 0.15) is 24.5 Å². The third-order valence-corrected chi connectivity index (χ3v) is 3.20. The van der Waals surface area contributed by atoms with Crippen molar-refractivity contribution >= 4 is 0 Å². The van der Waals surface area contributed by atoms with Crippen LogP contribution in [-0.4, -0.2) is 19.2 Å². The molecule has 15 heavy (non-hydrogen) atoms. The molecule has 1 aliphatic heterocycles. The molecule has 1 aromatic carbocycles. The van der Waals surface area contributed by atoms with Gasteiger partial charge in [-0.3, -0.25) is 0 Å². The molecular weight excluding hydrogens is 186 g/mol. The molecule has 0 spiro atoms. The molecule has 2 rings (SSSR count). The normalized spacial score (nSPS) is 20.9. The van der Waals surface area contributed by atoms with Crippen molar-refractivity contribution in [1.29, 1.82) is 0 Å². The van der Waals surface area contributed by atoms with E-state index >= 15 is 0 Å². The Balaban J connectivity index is 2.06. The molecule has 0 amide bonds. The van der Waals surface area contributed by atoms with Gasteiger partial charge in [0.05, 0.1) is 0 Å². The van der Waals surface area contributed by atoms with Crippen LogP contribution in [0.2, 0.25) is 0 Å². The van der Waals surface area contributed by atoms with Crippen molar-refractivity contribution in [3.63, 3.8) is 0 Å². The van der Waals surface area contributed by atoms with E-state index in [0.717, 1.165) is 18.6 Å². The van der Waals surface area contributed by atoms with E-state index < -0.39 is 0 Å². The quantitative estimate of drug-likeness (QED) is 0.817. The fourth-order valence-electron chi connectivity index (χ4n) is 2.14. The monoisotopic (exact) mass is 205 g/mol. The first kappa shape index (κ1) is 10.5. The van der Waals surface area contributed by atoms with Gasteiger partial charge in [-0.1, -0.05) is 12.1 Å². The average Bonchev–Trinajstić information content (AvgIpc) is 2.62. The Hall–Kier alpha value is -1.02. The molecule has 0 aliphatic carbocycles. The van der Waals surface area contributed by atoms with Gasteiger partial charge in [-0.2, -0.15) is 0 Å². The van der Waals surface area contributed by atoms with Gasteiger partial charge in [0.2, 0.25) is 0 Å². The maximum atomic E-state index is 5.92. The molecule has 2 atom stereocenters. The van der Waals surface area contributed by atoms with Crippen molar-refractivity contribution in [3.05, 3.63) is 29.3 Å². The van der Waals surface area contributed by atoms with Gasteiger partial charge in [0.1, 0.15) is 11.9 Å². The zero-order valence-electron chi connectivity index (χ0n) is 9.71. The highest BCUT2D eigenvalue weighted by atomic mass is 16.5. The molecule has 0 saturated heterocycles. The van der Waals surface area contributed by atoms with Crippen molar-refractivity contribution < 1.29 is 4.74 Å². The summed E-state index contributed by atoms with van der Waals surface area (Å²) in [5.74, 6) is 1.09. The molecule has 0 bridgehead atoms. The summed E-state index contributed by atoms with van der Waals surface area (Å²) in [7, 11) is 2.00. The third kappa shape index (κ3) is 2.15. The van der Waals surface area contributed by atoms with Gasteiger partial charge in [-0.15, -0.1) is 0 Å². The number of hydrogen-bond donors (Lipinski definition) is 1. The minimum Gasteiger partial charge on any atom is -0.490 e. The molecule has 82 valence electrons. The van der Waals surface area contributed by atoms with Crippen LogP contribution < -0.4 is 10.1 Å². The van der Waals surface area contributed by atoms with E-state index in [4.69, 9.17) is 4.74 Å². The fourth-order valence-corrected chi connectivity index (χ4v) is 2.14. The van der Waals surface area contributed by atoms with Crippen LogP contribution in [0.3, 0.4) is 0 Å². The van der Waals surface area contributed by atoms with Crippen LogP contribution in [0.4, 0.5) is 0 Å². The van der Waals surface area contributed by atoms with Crippen molar-refractivity contribution in [1.82, 2.24) is 5.32 Å². The minimum atomic E-state index is 0.351. The van der Waals surface area contributed by atoms with E-state index in [0.29, 0.717) is 12.1 Å². The standard InChI is InChI=1S/C13H19NO/c1-9-5-4-6-13-12(9)8-11(15-13)7-10(2)14-3/h4-6,10-11,14H,7-8H2,1-3H3. The summed E-state index contributed by atoms with van der Waals surface area (Å²) in [5, 5.41) is 3.25. The lowest BCUT2D eigenvalue weighted by molar-refractivity contribution is 0.207. The van der Waals surface area contributed by atoms with E-state index in [-0.39, 0.29) is 0 Å². The summed E-state index contributed by atoms with van der Waals surface area (Å²) in [6, 6.07) is 6.82. The number of benzene rings is 1. The lowest BCUT2D eigenvalue weighted by atomic mass is 10.0. The SMILES string of the molecule is CNC(C)CC1Cc2c(C)cccc2O1. The topological polar surface area (TPSA) is 21.3 Å². The van der Waals surface area contributed by atoms with Crippen LogP contribution in [0, 0.1) is 6.92 Å². The summed E-state index contributed by atoms with van der Waals surface area (Å²) in [6.07, 6.45) is 2.49. The Morgan fingerprint density at radius 1 is 1.53 bits per heavy atom. The van der Waals surface area contributed by atoms with Crippen LogP contribution in [0.15, 0.2) is 18.2 Å². The lowest BCUT2D eigenvalue weighted by Gasteiger charge is -2.15. The highest BCUT2D eigenvalue weighted by molar-refractivity contribution is 5.42. The molecule has 0 radical (unpaired) electrons. The summed E-state index contributed by atoms with van der Waals surface area (Å²) >= 11 is 0. The van der Waals surface area contributed by atoms with Crippen molar-refractivity contribution in [2.24, 2.45) is 0 Å². The van der Waals surface area contributed by atoms with Crippen LogP contribution in [0.25, 0.3) is 0 Å². The van der Waals surface area contributed by atoms with Gasteiger partial charge < -0.3 is 10.1 Å². The number of ether oxygens (including phenoxy) is 1. The van der Waals surface area contributed by atoms with Crippen LogP contribution in [-0.2, 0) is 6.42 Å². The van der Waals surface area contributed by atoms with Crippen molar-refractivity contribution in [2.45, 2.75) is 38.8 Å². The van der Waals surface area contributed by atoms with E-state index in [2.05, 4.69) is 37.4 Å². The molecule has 1 aliphatic rings. The fraction of sp³-hybridized carbons (Fsp3) is 0.538. The second-order valence-corrected chi connectivity index (χ2v) is 4.42. The van der Waals surface area contributed by atoms with E-state index in [1.807, 2.05) is 7.05 Å². The van der Waals surface area contributed by atoms with E-state index in [1.54, 1.807) is 0 Å². The molecular formula is C13H19NO. The molecule has 2 nitrogen and oxygen atoms in total. The lowest BCUT2D eigenvalue weighted by Crippen LogP contribution is -2.28. The number of fused-ring (bicyclic) bond motifs is 1. The predicted octanol–water partition coefficient (Wildman–Crippen LogP) is 2.30. The Labute approximate surface area is 91.6 Å². The highest BCUT2D eigenvalue weighted by Gasteiger charge is 2.24. The molecule has 1 heterocycles. The molecule has 2 heteroatoms. The summed E-state index contributed by atoms with van der Waals surface area (Å²) in [6.45, 7) is 4.35. The Morgan fingerprint density at radius 3 is 3.00 bits per heavy atom. The number of hydrogen-bond acceptors (Lipinski definition) is 2. The van der Waals surface area contributed by atoms with Gasteiger partial charge in [0.25, 0.3) is 0 Å². The van der Waals surface area contributed by atoms with Gasteiger partial charge in [-0.05, 0) is 38.9 Å². The molecule has 1 N–H and O–H groups in total. The second-order valence-electron chi connectivity index (χ2n) is 4.42. The molecule has 0 fully saturated rings. The van der Waals surface area contributed by atoms with Crippen molar-refractivity contribution in [2.75, 3.05) is 7.05 Å². The number of rotatable bonds is 3. The largest absolute Gasteiger partial charge is 0.490 e.